The highest BCUT2D eigenvalue weighted by atomic mass is 79.9. The van der Waals surface area contributed by atoms with E-state index in [1.807, 2.05) is 30.7 Å². The molecule has 0 aliphatic carbocycles. The van der Waals surface area contributed by atoms with E-state index in [1.54, 1.807) is 10.8 Å². The highest BCUT2D eigenvalue weighted by Gasteiger charge is 2.22. The fourth-order valence-electron chi connectivity index (χ4n) is 3.34. The van der Waals surface area contributed by atoms with E-state index in [0.717, 1.165) is 23.4 Å². The summed E-state index contributed by atoms with van der Waals surface area (Å²) >= 11 is 3.52. The molecule has 0 saturated heterocycles. The Bertz CT molecular complexity index is 991. The molecule has 0 fully saturated rings. The number of aromatic nitrogens is 4. The van der Waals surface area contributed by atoms with Crippen LogP contribution in [0, 0.1) is 0 Å². The molecule has 2 aromatic heterocycles. The molecule has 0 bridgehead atoms. The van der Waals surface area contributed by atoms with Crippen LogP contribution in [0.15, 0.2) is 39.7 Å². The molecule has 0 amide bonds. The fourth-order valence-corrected chi connectivity index (χ4v) is 3.79. The Kier molecular flexibility index (Phi) is 4.21. The van der Waals surface area contributed by atoms with E-state index >= 15 is 0 Å². The van der Waals surface area contributed by atoms with Gasteiger partial charge in [-0.1, -0.05) is 28.1 Å². The zero-order chi connectivity index (χ0) is 17.6. The maximum absolute atomic E-state index is 12.8. The van der Waals surface area contributed by atoms with Crippen LogP contribution in [0.25, 0.3) is 11.0 Å². The molecule has 0 saturated carbocycles. The van der Waals surface area contributed by atoms with Gasteiger partial charge >= 0.3 is 0 Å². The molecule has 1 aromatic carbocycles. The Morgan fingerprint density at radius 3 is 2.88 bits per heavy atom. The van der Waals surface area contributed by atoms with Gasteiger partial charge in [0.2, 0.25) is 0 Å². The van der Waals surface area contributed by atoms with Gasteiger partial charge < -0.3 is 0 Å². The lowest BCUT2D eigenvalue weighted by atomic mass is 10.2. The summed E-state index contributed by atoms with van der Waals surface area (Å²) in [4.78, 5) is 19.9. The van der Waals surface area contributed by atoms with Crippen molar-refractivity contribution in [1.82, 2.24) is 24.2 Å². The van der Waals surface area contributed by atoms with E-state index in [4.69, 9.17) is 4.98 Å². The number of hydrogen-bond donors (Lipinski definition) is 0. The summed E-state index contributed by atoms with van der Waals surface area (Å²) in [5.74, 6) is 0.821. The Labute approximate surface area is 154 Å². The largest absolute Gasteiger partial charge is 0.294 e. The number of hydrogen-bond acceptors (Lipinski definition) is 4. The summed E-state index contributed by atoms with van der Waals surface area (Å²) in [5.41, 5.74) is 1.96. The Morgan fingerprint density at radius 2 is 2.12 bits per heavy atom. The summed E-state index contributed by atoms with van der Waals surface area (Å²) in [6.45, 7) is 7.11. The summed E-state index contributed by atoms with van der Waals surface area (Å²) in [7, 11) is 0. The number of fused-ring (bicyclic) bond motifs is 2. The lowest BCUT2D eigenvalue weighted by Gasteiger charge is -2.29. The smallest absolute Gasteiger partial charge is 0.264 e. The van der Waals surface area contributed by atoms with E-state index in [1.165, 1.54) is 5.56 Å². The van der Waals surface area contributed by atoms with Gasteiger partial charge in [-0.2, -0.15) is 5.10 Å². The van der Waals surface area contributed by atoms with Crippen LogP contribution < -0.4 is 5.56 Å². The van der Waals surface area contributed by atoms with E-state index in [2.05, 4.69) is 38.1 Å². The van der Waals surface area contributed by atoms with Crippen molar-refractivity contribution in [3.05, 3.63) is 56.7 Å². The van der Waals surface area contributed by atoms with Crippen LogP contribution in [0.1, 0.15) is 31.3 Å². The van der Waals surface area contributed by atoms with Gasteiger partial charge in [0.05, 0.1) is 12.7 Å². The first kappa shape index (κ1) is 16.5. The summed E-state index contributed by atoms with van der Waals surface area (Å²) < 4.78 is 4.70. The highest BCUT2D eigenvalue weighted by Crippen LogP contribution is 2.19. The summed E-state index contributed by atoms with van der Waals surface area (Å²) in [6, 6.07) is 8.50. The predicted octanol–water partition coefficient (Wildman–Crippen LogP) is 2.95. The molecular formula is C18H20BrN5O. The van der Waals surface area contributed by atoms with Crippen LogP contribution >= 0.6 is 15.9 Å². The van der Waals surface area contributed by atoms with E-state index in [-0.39, 0.29) is 11.6 Å². The molecule has 0 spiro atoms. The van der Waals surface area contributed by atoms with Crippen molar-refractivity contribution in [3.8, 4) is 0 Å². The molecular weight excluding hydrogens is 382 g/mol. The lowest BCUT2D eigenvalue weighted by Crippen LogP contribution is -2.39. The van der Waals surface area contributed by atoms with Crippen molar-refractivity contribution in [1.29, 1.82) is 0 Å². The van der Waals surface area contributed by atoms with Gasteiger partial charge in [0.25, 0.3) is 5.56 Å². The van der Waals surface area contributed by atoms with Gasteiger partial charge in [0.15, 0.2) is 5.65 Å². The first-order chi connectivity index (χ1) is 12.0. The molecule has 1 aliphatic heterocycles. The van der Waals surface area contributed by atoms with Crippen LogP contribution in [-0.4, -0.2) is 30.8 Å². The Morgan fingerprint density at radius 1 is 1.28 bits per heavy atom. The van der Waals surface area contributed by atoms with Crippen molar-refractivity contribution in [2.24, 2.45) is 0 Å². The molecule has 0 N–H and O–H groups in total. The quantitative estimate of drug-likeness (QED) is 0.676. The Balaban J connectivity index is 1.68. The first-order valence-electron chi connectivity index (χ1n) is 8.46. The van der Waals surface area contributed by atoms with Crippen molar-refractivity contribution >= 4 is 27.0 Å². The number of rotatable bonds is 3. The van der Waals surface area contributed by atoms with Gasteiger partial charge in [-0.3, -0.25) is 14.3 Å². The molecule has 3 aromatic rings. The van der Waals surface area contributed by atoms with Crippen molar-refractivity contribution < 1.29 is 0 Å². The highest BCUT2D eigenvalue weighted by molar-refractivity contribution is 9.10. The van der Waals surface area contributed by atoms with E-state index in [0.29, 0.717) is 24.1 Å². The second-order valence-corrected chi connectivity index (χ2v) is 7.66. The SMILES string of the molecule is CC(C)n1ncc2c(=O)n3c(nc21)CN(Cc1cccc(Br)c1)CC3. The van der Waals surface area contributed by atoms with Crippen LogP contribution in [0.5, 0.6) is 0 Å². The zero-order valence-electron chi connectivity index (χ0n) is 14.3. The van der Waals surface area contributed by atoms with Crippen LogP contribution in [0.2, 0.25) is 0 Å². The number of nitrogens with zero attached hydrogens (tertiary/aromatic N) is 5. The van der Waals surface area contributed by atoms with Crippen molar-refractivity contribution in [2.45, 2.75) is 39.5 Å². The van der Waals surface area contributed by atoms with Gasteiger partial charge in [0, 0.05) is 30.1 Å². The second kappa shape index (κ2) is 6.38. The molecule has 0 atom stereocenters. The van der Waals surface area contributed by atoms with Crippen molar-refractivity contribution in [3.63, 3.8) is 0 Å². The minimum absolute atomic E-state index is 0.0222. The maximum atomic E-state index is 12.8. The van der Waals surface area contributed by atoms with Gasteiger partial charge in [-0.15, -0.1) is 0 Å². The third-order valence-corrected chi connectivity index (χ3v) is 5.07. The van der Waals surface area contributed by atoms with Crippen LogP contribution in [0.4, 0.5) is 0 Å². The van der Waals surface area contributed by atoms with Crippen molar-refractivity contribution in [2.75, 3.05) is 6.54 Å². The summed E-state index contributed by atoms with van der Waals surface area (Å²) in [5, 5.41) is 4.95. The van der Waals surface area contributed by atoms with E-state index < -0.39 is 0 Å². The molecule has 0 radical (unpaired) electrons. The molecule has 0 unspecified atom stereocenters. The van der Waals surface area contributed by atoms with Gasteiger partial charge in [0.1, 0.15) is 11.2 Å². The normalized spacial score (nSPS) is 15.0. The third kappa shape index (κ3) is 3.02. The molecule has 6 nitrogen and oxygen atoms in total. The molecule has 4 rings (SSSR count). The third-order valence-electron chi connectivity index (χ3n) is 4.58. The van der Waals surface area contributed by atoms with Crippen LogP contribution in [-0.2, 0) is 19.6 Å². The standard InChI is InChI=1S/C18H20BrN5O/c1-12(2)24-17-15(9-20-24)18(25)23-7-6-22(11-16(23)21-17)10-13-4-3-5-14(19)8-13/h3-5,8-9,12H,6-7,10-11H2,1-2H3. The maximum Gasteiger partial charge on any atom is 0.264 e. The molecule has 130 valence electrons. The summed E-state index contributed by atoms with van der Waals surface area (Å²) in [6.07, 6.45) is 1.64. The fraction of sp³-hybridized carbons (Fsp3) is 0.389. The first-order valence-corrected chi connectivity index (χ1v) is 9.26. The molecule has 25 heavy (non-hydrogen) atoms. The number of benzene rings is 1. The average molecular weight is 402 g/mol. The average Bonchev–Trinajstić information content (AvgIpc) is 2.99. The lowest BCUT2D eigenvalue weighted by molar-refractivity contribution is 0.204. The molecule has 3 heterocycles. The topological polar surface area (TPSA) is 56.0 Å². The van der Waals surface area contributed by atoms with Gasteiger partial charge in [-0.05, 0) is 31.5 Å². The number of halogens is 1. The minimum atomic E-state index is 0.0222. The predicted molar refractivity (Wildman–Crippen MR) is 100 cm³/mol. The Hall–Kier alpha value is -1.99. The molecule has 1 aliphatic rings. The van der Waals surface area contributed by atoms with Crippen LogP contribution in [0.3, 0.4) is 0 Å². The van der Waals surface area contributed by atoms with Gasteiger partial charge in [-0.25, -0.2) is 9.67 Å². The van der Waals surface area contributed by atoms with E-state index in [9.17, 15) is 4.79 Å². The molecule has 7 heteroatoms. The minimum Gasteiger partial charge on any atom is -0.294 e. The zero-order valence-corrected chi connectivity index (χ0v) is 15.9. The second-order valence-electron chi connectivity index (χ2n) is 6.75. The monoisotopic (exact) mass is 401 g/mol.